The molecule has 0 heterocycles. The van der Waals surface area contributed by atoms with E-state index in [1.807, 2.05) is 0 Å². The van der Waals surface area contributed by atoms with Crippen molar-refractivity contribution in [3.63, 3.8) is 0 Å². The van der Waals surface area contributed by atoms with Crippen molar-refractivity contribution < 1.29 is 9.72 Å². The molecule has 0 rings (SSSR count). The first-order chi connectivity index (χ1) is 4.13. The molecule has 5 nitrogen and oxygen atoms in total. The number of carbonyl (C=O) groups excluding carboxylic acids is 1. The SMILES string of the molecule is NC(=O)C=CC[N+](=O)[O-]. The van der Waals surface area contributed by atoms with Crippen molar-refractivity contribution in [3.05, 3.63) is 22.3 Å². The van der Waals surface area contributed by atoms with Gasteiger partial charge in [0.25, 0.3) is 0 Å². The molecule has 9 heavy (non-hydrogen) atoms. The van der Waals surface area contributed by atoms with Crippen LogP contribution < -0.4 is 5.73 Å². The average molecular weight is 130 g/mol. The van der Waals surface area contributed by atoms with E-state index in [9.17, 15) is 14.9 Å². The summed E-state index contributed by atoms with van der Waals surface area (Å²) in [6, 6.07) is 0. The molecule has 1 amide bonds. The summed E-state index contributed by atoms with van der Waals surface area (Å²) in [6.45, 7) is -0.358. The van der Waals surface area contributed by atoms with Crippen LogP contribution in [0.15, 0.2) is 12.2 Å². The van der Waals surface area contributed by atoms with Crippen molar-refractivity contribution in [1.82, 2.24) is 0 Å². The summed E-state index contributed by atoms with van der Waals surface area (Å²) >= 11 is 0. The van der Waals surface area contributed by atoms with E-state index in [1.54, 1.807) is 0 Å². The Hall–Kier alpha value is -1.39. The number of nitrogens with two attached hydrogens (primary N) is 1. The highest BCUT2D eigenvalue weighted by Gasteiger charge is 1.88. The second-order valence-electron chi connectivity index (χ2n) is 1.32. The predicted octanol–water partition coefficient (Wildman–Crippen LogP) is -0.695. The van der Waals surface area contributed by atoms with Crippen LogP contribution in [0, 0.1) is 10.1 Å². The summed E-state index contributed by atoms with van der Waals surface area (Å²) in [5, 5.41) is 9.58. The van der Waals surface area contributed by atoms with Crippen LogP contribution in [-0.2, 0) is 4.79 Å². The summed E-state index contributed by atoms with van der Waals surface area (Å²) in [5.74, 6) is -0.670. The molecule has 0 aliphatic carbocycles. The van der Waals surface area contributed by atoms with Gasteiger partial charge in [-0.05, 0) is 6.08 Å². The number of hydrogen-bond donors (Lipinski definition) is 1. The summed E-state index contributed by atoms with van der Waals surface area (Å²) in [5.41, 5.74) is 4.63. The molecule has 0 unspecified atom stereocenters. The molecular weight excluding hydrogens is 124 g/mol. The molecular formula is C4H6N2O3. The number of carbonyl (C=O) groups is 1. The van der Waals surface area contributed by atoms with Crippen LogP contribution in [-0.4, -0.2) is 17.4 Å². The normalized spacial score (nSPS) is 9.78. The molecule has 0 aromatic rings. The maximum atomic E-state index is 9.89. The minimum absolute atomic E-state index is 0.358. The Kier molecular flexibility index (Phi) is 3.04. The predicted molar refractivity (Wildman–Crippen MR) is 30.2 cm³/mol. The number of nitrogens with zero attached hydrogens (tertiary/aromatic N) is 1. The van der Waals surface area contributed by atoms with Crippen molar-refractivity contribution in [3.8, 4) is 0 Å². The number of primary amides is 1. The lowest BCUT2D eigenvalue weighted by molar-refractivity contribution is -0.468. The first-order valence-corrected chi connectivity index (χ1v) is 2.20. The van der Waals surface area contributed by atoms with Gasteiger partial charge < -0.3 is 5.73 Å². The summed E-state index contributed by atoms with van der Waals surface area (Å²) in [7, 11) is 0. The largest absolute Gasteiger partial charge is 0.366 e. The topological polar surface area (TPSA) is 86.2 Å². The Bertz CT molecular complexity index is 152. The van der Waals surface area contributed by atoms with Crippen LogP contribution in [0.1, 0.15) is 0 Å². The van der Waals surface area contributed by atoms with Gasteiger partial charge in [-0.1, -0.05) is 0 Å². The quantitative estimate of drug-likeness (QED) is 0.311. The maximum absolute atomic E-state index is 9.89. The molecule has 0 radical (unpaired) electrons. The molecule has 0 saturated heterocycles. The molecule has 50 valence electrons. The van der Waals surface area contributed by atoms with Crippen LogP contribution >= 0.6 is 0 Å². The lowest BCUT2D eigenvalue weighted by Crippen LogP contribution is -2.06. The molecule has 0 aromatic carbocycles. The van der Waals surface area contributed by atoms with Crippen LogP contribution in [0.2, 0.25) is 0 Å². The lowest BCUT2D eigenvalue weighted by Gasteiger charge is -1.80. The molecule has 0 fully saturated rings. The Labute approximate surface area is 51.3 Å². The Morgan fingerprint density at radius 2 is 2.33 bits per heavy atom. The fourth-order valence-corrected chi connectivity index (χ4v) is 0.255. The van der Waals surface area contributed by atoms with Crippen molar-refractivity contribution in [1.29, 1.82) is 0 Å². The fraction of sp³-hybridized carbons (Fsp3) is 0.250. The van der Waals surface area contributed by atoms with Crippen LogP contribution in [0.3, 0.4) is 0 Å². The third-order valence-corrected chi connectivity index (χ3v) is 0.537. The van der Waals surface area contributed by atoms with E-state index in [2.05, 4.69) is 5.73 Å². The molecule has 0 aromatic heterocycles. The lowest BCUT2D eigenvalue weighted by atomic mass is 10.5. The third-order valence-electron chi connectivity index (χ3n) is 0.537. The first-order valence-electron chi connectivity index (χ1n) is 2.20. The van der Waals surface area contributed by atoms with Gasteiger partial charge in [0.05, 0.1) is 0 Å². The van der Waals surface area contributed by atoms with Crippen molar-refractivity contribution in [2.45, 2.75) is 0 Å². The smallest absolute Gasteiger partial charge is 0.241 e. The van der Waals surface area contributed by atoms with Crippen molar-refractivity contribution in [2.24, 2.45) is 5.73 Å². The van der Waals surface area contributed by atoms with E-state index >= 15 is 0 Å². The summed E-state index contributed by atoms with van der Waals surface area (Å²) in [4.78, 5) is 18.9. The monoisotopic (exact) mass is 130 g/mol. The van der Waals surface area contributed by atoms with Gasteiger partial charge in [-0.25, -0.2) is 0 Å². The zero-order valence-corrected chi connectivity index (χ0v) is 4.61. The average Bonchev–Trinajstić information content (AvgIpc) is 1.63. The van der Waals surface area contributed by atoms with Gasteiger partial charge in [0.2, 0.25) is 12.5 Å². The molecule has 0 saturated carbocycles. The van der Waals surface area contributed by atoms with Gasteiger partial charge in [0, 0.05) is 11.0 Å². The van der Waals surface area contributed by atoms with Gasteiger partial charge >= 0.3 is 0 Å². The molecule has 5 heteroatoms. The van der Waals surface area contributed by atoms with Gasteiger partial charge in [0.15, 0.2) is 0 Å². The Balaban J connectivity index is 3.48. The van der Waals surface area contributed by atoms with Crippen LogP contribution in [0.5, 0.6) is 0 Å². The highest BCUT2D eigenvalue weighted by molar-refractivity contribution is 5.85. The molecule has 0 spiro atoms. The molecule has 0 bridgehead atoms. The summed E-state index contributed by atoms with van der Waals surface area (Å²) in [6.07, 6.45) is 2.06. The van der Waals surface area contributed by atoms with E-state index in [-0.39, 0.29) is 6.54 Å². The fourth-order valence-electron chi connectivity index (χ4n) is 0.255. The highest BCUT2D eigenvalue weighted by atomic mass is 16.6. The zero-order chi connectivity index (χ0) is 7.28. The van der Waals surface area contributed by atoms with E-state index in [4.69, 9.17) is 0 Å². The van der Waals surface area contributed by atoms with Gasteiger partial charge in [-0.2, -0.15) is 0 Å². The Morgan fingerprint density at radius 3 is 2.67 bits per heavy atom. The van der Waals surface area contributed by atoms with E-state index in [1.165, 1.54) is 0 Å². The van der Waals surface area contributed by atoms with Crippen LogP contribution in [0.25, 0.3) is 0 Å². The molecule has 0 aliphatic heterocycles. The molecule has 2 N–H and O–H groups in total. The van der Waals surface area contributed by atoms with E-state index in [0.29, 0.717) is 0 Å². The number of nitro groups is 1. The van der Waals surface area contributed by atoms with Gasteiger partial charge in [0.1, 0.15) is 0 Å². The highest BCUT2D eigenvalue weighted by Crippen LogP contribution is 1.72. The maximum Gasteiger partial charge on any atom is 0.241 e. The summed E-state index contributed by atoms with van der Waals surface area (Å²) < 4.78 is 0. The second kappa shape index (κ2) is 3.59. The van der Waals surface area contributed by atoms with E-state index < -0.39 is 10.8 Å². The molecule has 0 aliphatic rings. The van der Waals surface area contributed by atoms with Crippen LogP contribution in [0.4, 0.5) is 0 Å². The van der Waals surface area contributed by atoms with Crippen molar-refractivity contribution in [2.75, 3.05) is 6.54 Å². The minimum atomic E-state index is -0.670. The first kappa shape index (κ1) is 7.61. The van der Waals surface area contributed by atoms with Gasteiger partial charge in [-0.15, -0.1) is 0 Å². The van der Waals surface area contributed by atoms with E-state index in [0.717, 1.165) is 12.2 Å². The van der Waals surface area contributed by atoms with Crippen molar-refractivity contribution >= 4 is 5.91 Å². The number of rotatable bonds is 3. The molecule has 0 atom stereocenters. The zero-order valence-electron chi connectivity index (χ0n) is 4.61. The third kappa shape index (κ3) is 6.61. The van der Waals surface area contributed by atoms with Gasteiger partial charge in [-0.3, -0.25) is 14.9 Å². The Morgan fingerprint density at radius 1 is 1.78 bits per heavy atom. The second-order valence-corrected chi connectivity index (χ2v) is 1.32. The standard InChI is InChI=1S/C4H6N2O3/c5-4(7)2-1-3-6(8)9/h1-2H,3H2,(H2,5,7). The minimum Gasteiger partial charge on any atom is -0.366 e. The number of hydrogen-bond acceptors (Lipinski definition) is 3. The number of amides is 1.